The highest BCUT2D eigenvalue weighted by Crippen LogP contribution is 2.17. The Hall–Kier alpha value is -2.04. The van der Waals surface area contributed by atoms with Crippen LogP contribution in [0.15, 0.2) is 60.7 Å². The van der Waals surface area contributed by atoms with Crippen molar-refractivity contribution in [1.82, 2.24) is 5.32 Å². The van der Waals surface area contributed by atoms with E-state index in [2.05, 4.69) is 77.8 Å². The van der Waals surface area contributed by atoms with Gasteiger partial charge >= 0.3 is 0 Å². The molecule has 0 aliphatic heterocycles. The van der Waals surface area contributed by atoms with E-state index in [0.717, 1.165) is 13.0 Å². The molecule has 0 aromatic heterocycles. The fraction of sp³-hybridized carbons (Fsp3) is 0.222. The van der Waals surface area contributed by atoms with Crippen LogP contribution in [0.4, 0.5) is 0 Å². The lowest BCUT2D eigenvalue weighted by Crippen LogP contribution is -2.23. The predicted octanol–water partition coefficient (Wildman–Crippen LogP) is 3.58. The Morgan fingerprint density at radius 3 is 2.21 bits per heavy atom. The first kappa shape index (κ1) is 13.4. The monoisotopic (exact) mass is 249 g/mol. The number of nitrogens with one attached hydrogen (secondary N) is 1. The summed E-state index contributed by atoms with van der Waals surface area (Å²) in [5.41, 5.74) is 2.65. The molecule has 2 aromatic carbocycles. The lowest BCUT2D eigenvalue weighted by Gasteiger charge is -2.18. The summed E-state index contributed by atoms with van der Waals surface area (Å²) in [5.74, 6) is 6.00. The van der Waals surface area contributed by atoms with Crippen molar-refractivity contribution >= 4 is 0 Å². The first-order valence-corrected chi connectivity index (χ1v) is 6.62. The van der Waals surface area contributed by atoms with Crippen molar-refractivity contribution in [3.8, 4) is 11.8 Å². The third-order valence-corrected chi connectivity index (χ3v) is 3.10. The molecular formula is C18H19N. The highest BCUT2D eigenvalue weighted by atomic mass is 14.9. The fourth-order valence-electron chi connectivity index (χ4n) is 2.11. The predicted molar refractivity (Wildman–Crippen MR) is 80.8 cm³/mol. The van der Waals surface area contributed by atoms with Crippen LogP contribution in [-0.2, 0) is 6.42 Å². The molecule has 0 amide bonds. The van der Waals surface area contributed by atoms with Gasteiger partial charge in [0.05, 0.1) is 6.54 Å². The maximum Gasteiger partial charge on any atom is 0.0581 e. The Balaban J connectivity index is 2.11. The second-order valence-electron chi connectivity index (χ2n) is 4.46. The second-order valence-corrected chi connectivity index (χ2v) is 4.46. The molecule has 1 atom stereocenters. The summed E-state index contributed by atoms with van der Waals surface area (Å²) in [6.07, 6.45) is 0.982. The van der Waals surface area contributed by atoms with Gasteiger partial charge in [0.15, 0.2) is 0 Å². The van der Waals surface area contributed by atoms with Crippen molar-refractivity contribution in [3.63, 3.8) is 0 Å². The van der Waals surface area contributed by atoms with Gasteiger partial charge in [-0.3, -0.25) is 5.32 Å². The van der Waals surface area contributed by atoms with Gasteiger partial charge in [-0.05, 0) is 24.5 Å². The molecule has 2 aromatic rings. The molecule has 19 heavy (non-hydrogen) atoms. The van der Waals surface area contributed by atoms with E-state index in [4.69, 9.17) is 0 Å². The normalized spacial score (nSPS) is 11.4. The van der Waals surface area contributed by atoms with Crippen molar-refractivity contribution in [3.05, 3.63) is 71.8 Å². The first-order valence-electron chi connectivity index (χ1n) is 6.62. The molecule has 1 unspecified atom stereocenters. The average Bonchev–Trinajstić information content (AvgIpc) is 2.48. The molecule has 0 spiro atoms. The Morgan fingerprint density at radius 1 is 0.947 bits per heavy atom. The summed E-state index contributed by atoms with van der Waals surface area (Å²) in [5, 5.41) is 3.51. The molecule has 0 heterocycles. The Labute approximate surface area is 115 Å². The minimum atomic E-state index is 0.310. The summed E-state index contributed by atoms with van der Waals surface area (Å²) in [7, 11) is 0. The number of benzene rings is 2. The summed E-state index contributed by atoms with van der Waals surface area (Å²) >= 11 is 0. The Bertz CT molecular complexity index is 534. The Morgan fingerprint density at radius 2 is 1.58 bits per heavy atom. The minimum absolute atomic E-state index is 0.310. The van der Waals surface area contributed by atoms with Gasteiger partial charge in [-0.15, -0.1) is 5.92 Å². The quantitative estimate of drug-likeness (QED) is 0.799. The van der Waals surface area contributed by atoms with E-state index in [1.807, 2.05) is 6.92 Å². The first-order chi connectivity index (χ1) is 9.40. The van der Waals surface area contributed by atoms with E-state index in [-0.39, 0.29) is 0 Å². The summed E-state index contributed by atoms with van der Waals surface area (Å²) in [4.78, 5) is 0. The molecule has 0 fully saturated rings. The fourth-order valence-corrected chi connectivity index (χ4v) is 2.11. The van der Waals surface area contributed by atoms with E-state index in [0.29, 0.717) is 6.04 Å². The maximum absolute atomic E-state index is 3.51. The molecule has 0 aliphatic carbocycles. The van der Waals surface area contributed by atoms with Crippen LogP contribution in [-0.4, -0.2) is 6.54 Å². The zero-order valence-electron chi connectivity index (χ0n) is 11.3. The standard InChI is InChI=1S/C18H19N/c1-2-3-14-19-18(17-12-8-5-9-13-17)15-16-10-6-4-7-11-16/h4-13,18-19H,14-15H2,1H3. The SMILES string of the molecule is CC#CCNC(Cc1ccccc1)c1ccccc1. The Kier molecular flexibility index (Phi) is 5.22. The summed E-state index contributed by atoms with van der Waals surface area (Å²) < 4.78 is 0. The van der Waals surface area contributed by atoms with Crippen LogP contribution in [0.25, 0.3) is 0 Å². The smallest absolute Gasteiger partial charge is 0.0581 e. The van der Waals surface area contributed by atoms with E-state index >= 15 is 0 Å². The lowest BCUT2D eigenvalue weighted by atomic mass is 9.99. The number of hydrogen-bond acceptors (Lipinski definition) is 1. The van der Waals surface area contributed by atoms with Crippen LogP contribution < -0.4 is 5.32 Å². The third kappa shape index (κ3) is 4.28. The van der Waals surface area contributed by atoms with E-state index < -0.39 is 0 Å². The van der Waals surface area contributed by atoms with Crippen LogP contribution in [0.2, 0.25) is 0 Å². The van der Waals surface area contributed by atoms with Gasteiger partial charge in [-0.1, -0.05) is 66.6 Å². The van der Waals surface area contributed by atoms with E-state index in [1.165, 1.54) is 11.1 Å². The van der Waals surface area contributed by atoms with Crippen molar-refractivity contribution in [2.24, 2.45) is 0 Å². The van der Waals surface area contributed by atoms with E-state index in [1.54, 1.807) is 0 Å². The number of hydrogen-bond donors (Lipinski definition) is 1. The van der Waals surface area contributed by atoms with Crippen molar-refractivity contribution in [1.29, 1.82) is 0 Å². The summed E-state index contributed by atoms with van der Waals surface area (Å²) in [6.45, 7) is 2.60. The number of rotatable bonds is 5. The van der Waals surface area contributed by atoms with Crippen LogP contribution in [0.3, 0.4) is 0 Å². The topological polar surface area (TPSA) is 12.0 Å². The molecule has 1 heteroatoms. The average molecular weight is 249 g/mol. The molecular weight excluding hydrogens is 230 g/mol. The zero-order valence-corrected chi connectivity index (χ0v) is 11.3. The molecule has 1 N–H and O–H groups in total. The van der Waals surface area contributed by atoms with Crippen LogP contribution >= 0.6 is 0 Å². The van der Waals surface area contributed by atoms with Crippen molar-refractivity contribution < 1.29 is 0 Å². The molecule has 0 aliphatic rings. The van der Waals surface area contributed by atoms with Crippen LogP contribution in [0.5, 0.6) is 0 Å². The lowest BCUT2D eigenvalue weighted by molar-refractivity contribution is 0.569. The van der Waals surface area contributed by atoms with Gasteiger partial charge in [0, 0.05) is 6.04 Å². The largest absolute Gasteiger partial charge is 0.299 e. The highest BCUT2D eigenvalue weighted by molar-refractivity contribution is 5.24. The van der Waals surface area contributed by atoms with E-state index in [9.17, 15) is 0 Å². The molecule has 0 saturated carbocycles. The zero-order chi connectivity index (χ0) is 13.3. The van der Waals surface area contributed by atoms with Crippen molar-refractivity contribution in [2.75, 3.05) is 6.54 Å². The minimum Gasteiger partial charge on any atom is -0.299 e. The highest BCUT2D eigenvalue weighted by Gasteiger charge is 2.10. The van der Waals surface area contributed by atoms with Gasteiger partial charge in [0.1, 0.15) is 0 Å². The molecule has 0 bridgehead atoms. The van der Waals surface area contributed by atoms with Gasteiger partial charge in [0.2, 0.25) is 0 Å². The summed E-state index contributed by atoms with van der Waals surface area (Å²) in [6, 6.07) is 21.4. The maximum atomic E-state index is 3.51. The van der Waals surface area contributed by atoms with Gasteiger partial charge in [-0.2, -0.15) is 0 Å². The van der Waals surface area contributed by atoms with Crippen LogP contribution in [0, 0.1) is 11.8 Å². The molecule has 0 saturated heterocycles. The molecule has 96 valence electrons. The molecule has 0 radical (unpaired) electrons. The van der Waals surface area contributed by atoms with Gasteiger partial charge < -0.3 is 0 Å². The second kappa shape index (κ2) is 7.41. The molecule has 1 nitrogen and oxygen atoms in total. The van der Waals surface area contributed by atoms with Gasteiger partial charge in [-0.25, -0.2) is 0 Å². The third-order valence-electron chi connectivity index (χ3n) is 3.10. The molecule has 2 rings (SSSR count). The van der Waals surface area contributed by atoms with Crippen molar-refractivity contribution in [2.45, 2.75) is 19.4 Å². The van der Waals surface area contributed by atoms with Crippen LogP contribution in [0.1, 0.15) is 24.1 Å². The van der Waals surface area contributed by atoms with Gasteiger partial charge in [0.25, 0.3) is 0 Å².